The summed E-state index contributed by atoms with van der Waals surface area (Å²) in [5, 5.41) is 7.96. The zero-order valence-electron chi connectivity index (χ0n) is 15.2. The van der Waals surface area contributed by atoms with Gasteiger partial charge in [-0.2, -0.15) is 0 Å². The molecule has 2 heterocycles. The average Bonchev–Trinajstić information content (AvgIpc) is 2.64. The minimum atomic E-state index is -0.184. The third-order valence-corrected chi connectivity index (χ3v) is 3.89. The lowest BCUT2D eigenvalue weighted by Crippen LogP contribution is -2.29. The van der Waals surface area contributed by atoms with Gasteiger partial charge >= 0.3 is 0 Å². The number of hydrogen-bond donors (Lipinski definition) is 2. The maximum absolute atomic E-state index is 12.4. The molecule has 0 aliphatic carbocycles. The Balaban J connectivity index is 1.59. The number of pyridine rings is 1. The molecule has 2 aromatic heterocycles. The van der Waals surface area contributed by atoms with E-state index in [9.17, 15) is 4.79 Å². The largest absolute Gasteiger partial charge is 0.368 e. The Hall–Kier alpha value is -3.22. The summed E-state index contributed by atoms with van der Waals surface area (Å²) in [6, 6.07) is 11.5. The summed E-state index contributed by atoms with van der Waals surface area (Å²) in [4.78, 5) is 27.3. The fraction of sp³-hybridized carbons (Fsp3) is 0.263. The molecule has 0 aliphatic heterocycles. The van der Waals surface area contributed by atoms with Crippen molar-refractivity contribution in [3.05, 3.63) is 54.1 Å². The van der Waals surface area contributed by atoms with Gasteiger partial charge in [-0.15, -0.1) is 0 Å². The van der Waals surface area contributed by atoms with E-state index in [0.29, 0.717) is 24.6 Å². The van der Waals surface area contributed by atoms with Crippen molar-refractivity contribution in [3.63, 3.8) is 0 Å². The van der Waals surface area contributed by atoms with Crippen molar-refractivity contribution < 1.29 is 4.79 Å². The molecule has 0 radical (unpaired) electrons. The van der Waals surface area contributed by atoms with E-state index in [4.69, 9.17) is 0 Å². The molecular weight excluding hydrogens is 328 g/mol. The van der Waals surface area contributed by atoms with Crippen LogP contribution in [0.5, 0.6) is 0 Å². The molecule has 1 amide bonds. The highest BCUT2D eigenvalue weighted by Gasteiger charge is 2.10. The van der Waals surface area contributed by atoms with E-state index in [2.05, 4.69) is 25.6 Å². The summed E-state index contributed by atoms with van der Waals surface area (Å²) in [5.74, 6) is 2.09. The molecular formula is C19H22N6O. The molecule has 0 aliphatic rings. The van der Waals surface area contributed by atoms with Crippen molar-refractivity contribution in [1.82, 2.24) is 20.3 Å². The van der Waals surface area contributed by atoms with Crippen LogP contribution in [0.3, 0.4) is 0 Å². The lowest BCUT2D eigenvalue weighted by atomic mass is 10.1. The van der Waals surface area contributed by atoms with Crippen LogP contribution in [0.2, 0.25) is 0 Å². The zero-order valence-corrected chi connectivity index (χ0v) is 15.2. The second-order valence-electron chi connectivity index (χ2n) is 6.12. The zero-order chi connectivity index (χ0) is 18.5. The molecule has 3 rings (SSSR count). The summed E-state index contributed by atoms with van der Waals surface area (Å²) in [6.07, 6.45) is 1.65. The quantitative estimate of drug-likeness (QED) is 0.664. The summed E-state index contributed by atoms with van der Waals surface area (Å²) < 4.78 is 0. The standard InChI is InChI=1S/C19H22N6O/c1-13-23-16(12-17(24-13)25(2)3)20-10-11-22-19(26)18-15-7-5-4-6-14(15)8-9-21-18/h4-9,12H,10-11H2,1-3H3,(H,22,26)(H,20,23,24). The second kappa shape index (κ2) is 7.77. The Kier molecular flexibility index (Phi) is 5.26. The number of benzene rings is 1. The first-order valence-corrected chi connectivity index (χ1v) is 8.43. The van der Waals surface area contributed by atoms with Gasteiger partial charge in [0.15, 0.2) is 0 Å². The van der Waals surface area contributed by atoms with Crippen molar-refractivity contribution >= 4 is 28.3 Å². The molecule has 7 heteroatoms. The van der Waals surface area contributed by atoms with Gasteiger partial charge in [-0.1, -0.05) is 24.3 Å². The maximum Gasteiger partial charge on any atom is 0.270 e. The van der Waals surface area contributed by atoms with E-state index >= 15 is 0 Å². The topological polar surface area (TPSA) is 83.0 Å². The summed E-state index contributed by atoms with van der Waals surface area (Å²) in [5.41, 5.74) is 0.441. The number of nitrogens with one attached hydrogen (secondary N) is 2. The molecule has 0 unspecified atom stereocenters. The van der Waals surface area contributed by atoms with Crippen LogP contribution < -0.4 is 15.5 Å². The van der Waals surface area contributed by atoms with E-state index in [1.165, 1.54) is 0 Å². The Bertz CT molecular complexity index is 920. The minimum Gasteiger partial charge on any atom is -0.368 e. The number of nitrogens with zero attached hydrogens (tertiary/aromatic N) is 4. The number of amides is 1. The monoisotopic (exact) mass is 350 g/mol. The van der Waals surface area contributed by atoms with Crippen LogP contribution in [-0.4, -0.2) is 48.0 Å². The molecule has 26 heavy (non-hydrogen) atoms. The van der Waals surface area contributed by atoms with E-state index in [1.807, 2.05) is 62.3 Å². The van der Waals surface area contributed by atoms with Crippen LogP contribution in [0.25, 0.3) is 10.8 Å². The highest BCUT2D eigenvalue weighted by Crippen LogP contribution is 2.16. The fourth-order valence-electron chi connectivity index (χ4n) is 2.62. The number of aryl methyl sites for hydroxylation is 1. The van der Waals surface area contributed by atoms with Gasteiger partial charge in [-0.05, 0) is 18.4 Å². The summed E-state index contributed by atoms with van der Waals surface area (Å²) in [7, 11) is 3.87. The fourth-order valence-corrected chi connectivity index (χ4v) is 2.62. The number of rotatable bonds is 6. The normalized spacial score (nSPS) is 10.6. The number of hydrogen-bond acceptors (Lipinski definition) is 6. The smallest absolute Gasteiger partial charge is 0.270 e. The number of fused-ring (bicyclic) bond motifs is 1. The van der Waals surface area contributed by atoms with Gasteiger partial charge in [0.1, 0.15) is 23.2 Å². The van der Waals surface area contributed by atoms with Gasteiger partial charge in [0.2, 0.25) is 0 Å². The number of carbonyl (C=O) groups excluding carboxylic acids is 1. The van der Waals surface area contributed by atoms with Crippen molar-refractivity contribution in [3.8, 4) is 0 Å². The first kappa shape index (κ1) is 17.6. The predicted octanol–water partition coefficient (Wildman–Crippen LogP) is 2.24. The summed E-state index contributed by atoms with van der Waals surface area (Å²) in [6.45, 7) is 2.87. The first-order valence-electron chi connectivity index (χ1n) is 8.43. The van der Waals surface area contributed by atoms with Crippen LogP contribution in [0.4, 0.5) is 11.6 Å². The molecule has 134 valence electrons. The summed E-state index contributed by atoms with van der Waals surface area (Å²) >= 11 is 0. The molecule has 0 saturated heterocycles. The Labute approximate surface area is 152 Å². The minimum absolute atomic E-state index is 0.184. The van der Waals surface area contributed by atoms with E-state index < -0.39 is 0 Å². The van der Waals surface area contributed by atoms with Gasteiger partial charge in [-0.25, -0.2) is 9.97 Å². The highest BCUT2D eigenvalue weighted by atomic mass is 16.1. The third-order valence-electron chi connectivity index (χ3n) is 3.89. The van der Waals surface area contributed by atoms with Gasteiger partial charge in [0, 0.05) is 44.8 Å². The van der Waals surface area contributed by atoms with Crippen molar-refractivity contribution in [2.24, 2.45) is 0 Å². The first-order chi connectivity index (χ1) is 12.5. The molecule has 1 aromatic carbocycles. The Morgan fingerprint density at radius 3 is 2.73 bits per heavy atom. The third kappa shape index (κ3) is 4.05. The Morgan fingerprint density at radius 2 is 1.92 bits per heavy atom. The molecule has 0 fully saturated rings. The molecule has 7 nitrogen and oxygen atoms in total. The molecule has 0 saturated carbocycles. The number of anilines is 2. The highest BCUT2D eigenvalue weighted by molar-refractivity contribution is 6.05. The van der Waals surface area contributed by atoms with Crippen molar-refractivity contribution in [1.29, 1.82) is 0 Å². The second-order valence-corrected chi connectivity index (χ2v) is 6.12. The van der Waals surface area contributed by atoms with E-state index in [1.54, 1.807) is 6.20 Å². The van der Waals surface area contributed by atoms with Crippen LogP contribution in [0.15, 0.2) is 42.6 Å². The lowest BCUT2D eigenvalue weighted by molar-refractivity contribution is 0.0952. The van der Waals surface area contributed by atoms with E-state index in [-0.39, 0.29) is 5.91 Å². The molecule has 0 spiro atoms. The van der Waals surface area contributed by atoms with Gasteiger partial charge in [0.25, 0.3) is 5.91 Å². The van der Waals surface area contributed by atoms with Crippen molar-refractivity contribution in [2.75, 3.05) is 37.4 Å². The van der Waals surface area contributed by atoms with Gasteiger partial charge in [0.05, 0.1) is 0 Å². The SMILES string of the molecule is Cc1nc(NCCNC(=O)c2nccc3ccccc23)cc(N(C)C)n1. The number of carbonyl (C=O) groups is 1. The van der Waals surface area contributed by atoms with E-state index in [0.717, 1.165) is 22.4 Å². The van der Waals surface area contributed by atoms with Crippen LogP contribution in [0, 0.1) is 6.92 Å². The van der Waals surface area contributed by atoms with Crippen LogP contribution in [0.1, 0.15) is 16.3 Å². The van der Waals surface area contributed by atoms with Crippen molar-refractivity contribution in [2.45, 2.75) is 6.92 Å². The lowest BCUT2D eigenvalue weighted by Gasteiger charge is -2.14. The van der Waals surface area contributed by atoms with Gasteiger partial charge in [-0.3, -0.25) is 9.78 Å². The molecule has 2 N–H and O–H groups in total. The number of aromatic nitrogens is 3. The van der Waals surface area contributed by atoms with Crippen LogP contribution in [-0.2, 0) is 0 Å². The molecule has 0 atom stereocenters. The predicted molar refractivity (Wildman–Crippen MR) is 104 cm³/mol. The Morgan fingerprint density at radius 1 is 1.12 bits per heavy atom. The maximum atomic E-state index is 12.4. The molecule has 0 bridgehead atoms. The van der Waals surface area contributed by atoms with Gasteiger partial charge < -0.3 is 15.5 Å². The average molecular weight is 350 g/mol. The molecule has 3 aromatic rings. The van der Waals surface area contributed by atoms with Crippen LogP contribution >= 0.6 is 0 Å².